The SMILES string of the molecule is CCOc1cc(N)cc(-c2nnnn2CC(C)COC)c1. The van der Waals surface area contributed by atoms with Gasteiger partial charge in [-0.25, -0.2) is 4.68 Å². The zero-order chi connectivity index (χ0) is 15.2. The van der Waals surface area contributed by atoms with Crippen molar-refractivity contribution in [3.8, 4) is 17.1 Å². The quantitative estimate of drug-likeness (QED) is 0.780. The molecule has 0 aliphatic carbocycles. The van der Waals surface area contributed by atoms with Gasteiger partial charge in [0, 0.05) is 31.0 Å². The van der Waals surface area contributed by atoms with E-state index in [-0.39, 0.29) is 0 Å². The van der Waals surface area contributed by atoms with E-state index in [9.17, 15) is 0 Å². The van der Waals surface area contributed by atoms with Gasteiger partial charge in [-0.15, -0.1) is 5.10 Å². The molecule has 2 rings (SSSR count). The van der Waals surface area contributed by atoms with Crippen molar-refractivity contribution >= 4 is 5.69 Å². The average molecular weight is 291 g/mol. The first kappa shape index (κ1) is 15.2. The second-order valence-electron chi connectivity index (χ2n) is 4.97. The summed E-state index contributed by atoms with van der Waals surface area (Å²) < 4.78 is 12.4. The summed E-state index contributed by atoms with van der Waals surface area (Å²) in [5.74, 6) is 1.70. The third kappa shape index (κ3) is 3.91. The molecule has 7 nitrogen and oxygen atoms in total. The van der Waals surface area contributed by atoms with E-state index in [1.54, 1.807) is 17.9 Å². The van der Waals surface area contributed by atoms with E-state index >= 15 is 0 Å². The third-order valence-corrected chi connectivity index (χ3v) is 2.97. The molecule has 0 bridgehead atoms. The van der Waals surface area contributed by atoms with Crippen LogP contribution in [0.5, 0.6) is 5.75 Å². The Morgan fingerprint density at radius 3 is 2.86 bits per heavy atom. The second kappa shape index (κ2) is 7.03. The number of methoxy groups -OCH3 is 1. The molecule has 0 radical (unpaired) electrons. The Kier molecular flexibility index (Phi) is 5.10. The van der Waals surface area contributed by atoms with Crippen LogP contribution in [0.15, 0.2) is 18.2 Å². The zero-order valence-corrected chi connectivity index (χ0v) is 12.6. The molecule has 0 saturated carbocycles. The summed E-state index contributed by atoms with van der Waals surface area (Å²) in [6.07, 6.45) is 0. The molecule has 1 aromatic heterocycles. The number of benzene rings is 1. The van der Waals surface area contributed by atoms with Crippen LogP contribution < -0.4 is 10.5 Å². The lowest BCUT2D eigenvalue weighted by atomic mass is 10.1. The first-order valence-corrected chi connectivity index (χ1v) is 6.92. The van der Waals surface area contributed by atoms with Gasteiger partial charge >= 0.3 is 0 Å². The Bertz CT molecular complexity index is 584. The molecular weight excluding hydrogens is 270 g/mol. The lowest BCUT2D eigenvalue weighted by Gasteiger charge is -2.12. The van der Waals surface area contributed by atoms with E-state index in [2.05, 4.69) is 22.4 Å². The molecule has 1 aromatic carbocycles. The van der Waals surface area contributed by atoms with Gasteiger partial charge in [-0.2, -0.15) is 0 Å². The van der Waals surface area contributed by atoms with E-state index in [0.29, 0.717) is 42.9 Å². The highest BCUT2D eigenvalue weighted by Crippen LogP contribution is 2.26. The van der Waals surface area contributed by atoms with Crippen LogP contribution in [0.2, 0.25) is 0 Å². The van der Waals surface area contributed by atoms with Gasteiger partial charge in [-0.1, -0.05) is 6.92 Å². The zero-order valence-electron chi connectivity index (χ0n) is 12.6. The Balaban J connectivity index is 2.28. The third-order valence-electron chi connectivity index (χ3n) is 2.97. The number of nitrogens with zero attached hydrogens (tertiary/aromatic N) is 4. The van der Waals surface area contributed by atoms with Gasteiger partial charge in [0.25, 0.3) is 0 Å². The highest BCUT2D eigenvalue weighted by atomic mass is 16.5. The van der Waals surface area contributed by atoms with Crippen molar-refractivity contribution in [2.75, 3.05) is 26.1 Å². The summed E-state index contributed by atoms with van der Waals surface area (Å²) in [5.41, 5.74) is 7.38. The highest BCUT2D eigenvalue weighted by Gasteiger charge is 2.13. The fourth-order valence-electron chi connectivity index (χ4n) is 2.17. The summed E-state index contributed by atoms with van der Waals surface area (Å²) in [4.78, 5) is 0. The van der Waals surface area contributed by atoms with E-state index < -0.39 is 0 Å². The van der Waals surface area contributed by atoms with Crippen molar-refractivity contribution in [3.63, 3.8) is 0 Å². The van der Waals surface area contributed by atoms with Gasteiger partial charge < -0.3 is 15.2 Å². The summed E-state index contributed by atoms with van der Waals surface area (Å²) in [6.45, 7) is 5.92. The molecule has 0 amide bonds. The standard InChI is InChI=1S/C14H21N5O2/c1-4-21-13-6-11(5-12(15)7-13)14-16-17-18-19(14)8-10(2)9-20-3/h5-7,10H,4,8-9,15H2,1-3H3. The fraction of sp³-hybridized carbons (Fsp3) is 0.500. The molecule has 0 aliphatic heterocycles. The van der Waals surface area contributed by atoms with Crippen LogP contribution in [-0.4, -0.2) is 40.5 Å². The Labute approximate surface area is 124 Å². The van der Waals surface area contributed by atoms with Crippen molar-refractivity contribution in [2.45, 2.75) is 20.4 Å². The summed E-state index contributed by atoms with van der Waals surface area (Å²) in [6, 6.07) is 5.52. The molecule has 0 saturated heterocycles. The van der Waals surface area contributed by atoms with Crippen LogP contribution >= 0.6 is 0 Å². The first-order valence-electron chi connectivity index (χ1n) is 6.92. The maximum atomic E-state index is 5.92. The molecule has 2 N–H and O–H groups in total. The van der Waals surface area contributed by atoms with E-state index in [1.807, 2.05) is 19.1 Å². The Hall–Kier alpha value is -2.15. The molecular formula is C14H21N5O2. The van der Waals surface area contributed by atoms with Crippen LogP contribution in [0.4, 0.5) is 5.69 Å². The number of nitrogen functional groups attached to an aromatic ring is 1. The average Bonchev–Trinajstić information content (AvgIpc) is 2.86. The summed E-state index contributed by atoms with van der Waals surface area (Å²) in [5, 5.41) is 11.9. The molecule has 1 atom stereocenters. The minimum atomic E-state index is 0.310. The fourth-order valence-corrected chi connectivity index (χ4v) is 2.17. The minimum Gasteiger partial charge on any atom is -0.494 e. The molecule has 7 heteroatoms. The molecule has 2 aromatic rings. The normalized spacial score (nSPS) is 12.3. The predicted octanol–water partition coefficient (Wildman–Crippen LogP) is 1.60. The van der Waals surface area contributed by atoms with Crippen LogP contribution in [0.1, 0.15) is 13.8 Å². The van der Waals surface area contributed by atoms with Crippen molar-refractivity contribution in [2.24, 2.45) is 5.92 Å². The summed E-state index contributed by atoms with van der Waals surface area (Å²) >= 11 is 0. The molecule has 1 heterocycles. The van der Waals surface area contributed by atoms with Crippen molar-refractivity contribution in [1.82, 2.24) is 20.2 Å². The number of rotatable bonds is 7. The number of hydrogen-bond acceptors (Lipinski definition) is 6. The minimum absolute atomic E-state index is 0.310. The molecule has 114 valence electrons. The van der Waals surface area contributed by atoms with Gasteiger partial charge in [-0.3, -0.25) is 0 Å². The smallest absolute Gasteiger partial charge is 0.182 e. The summed E-state index contributed by atoms with van der Waals surface area (Å²) in [7, 11) is 1.68. The van der Waals surface area contributed by atoms with E-state index in [4.69, 9.17) is 15.2 Å². The first-order chi connectivity index (χ1) is 10.1. The molecule has 1 unspecified atom stereocenters. The van der Waals surface area contributed by atoms with Crippen LogP contribution in [0, 0.1) is 5.92 Å². The van der Waals surface area contributed by atoms with Crippen LogP contribution in [-0.2, 0) is 11.3 Å². The van der Waals surface area contributed by atoms with Crippen molar-refractivity contribution < 1.29 is 9.47 Å². The monoisotopic (exact) mass is 291 g/mol. The number of aromatic nitrogens is 4. The maximum absolute atomic E-state index is 5.92. The molecule has 0 spiro atoms. The number of ether oxygens (including phenoxy) is 2. The Morgan fingerprint density at radius 2 is 2.14 bits per heavy atom. The lowest BCUT2D eigenvalue weighted by Crippen LogP contribution is -2.14. The van der Waals surface area contributed by atoms with Gasteiger partial charge in [0.1, 0.15) is 5.75 Å². The van der Waals surface area contributed by atoms with Crippen molar-refractivity contribution in [3.05, 3.63) is 18.2 Å². The number of tetrazole rings is 1. The number of anilines is 1. The van der Waals surface area contributed by atoms with Crippen LogP contribution in [0.3, 0.4) is 0 Å². The number of nitrogens with two attached hydrogens (primary N) is 1. The highest BCUT2D eigenvalue weighted by molar-refractivity contribution is 5.64. The topological polar surface area (TPSA) is 88.1 Å². The van der Waals surface area contributed by atoms with Gasteiger partial charge in [0.2, 0.25) is 0 Å². The van der Waals surface area contributed by atoms with E-state index in [0.717, 1.165) is 5.56 Å². The number of hydrogen-bond donors (Lipinski definition) is 1. The van der Waals surface area contributed by atoms with Gasteiger partial charge in [0.05, 0.1) is 13.2 Å². The second-order valence-corrected chi connectivity index (χ2v) is 4.97. The maximum Gasteiger partial charge on any atom is 0.182 e. The lowest BCUT2D eigenvalue weighted by molar-refractivity contribution is 0.149. The molecule has 0 aliphatic rings. The van der Waals surface area contributed by atoms with E-state index in [1.165, 1.54) is 0 Å². The molecule has 21 heavy (non-hydrogen) atoms. The van der Waals surface area contributed by atoms with Gasteiger partial charge in [-0.05, 0) is 35.4 Å². The Morgan fingerprint density at radius 1 is 1.33 bits per heavy atom. The van der Waals surface area contributed by atoms with Gasteiger partial charge in [0.15, 0.2) is 5.82 Å². The molecule has 0 fully saturated rings. The largest absolute Gasteiger partial charge is 0.494 e. The van der Waals surface area contributed by atoms with Crippen LogP contribution in [0.25, 0.3) is 11.4 Å². The predicted molar refractivity (Wildman–Crippen MR) is 79.9 cm³/mol. The van der Waals surface area contributed by atoms with Crippen molar-refractivity contribution in [1.29, 1.82) is 0 Å².